The molecule has 3 aromatic heterocycles. The van der Waals surface area contributed by atoms with Gasteiger partial charge < -0.3 is 19.1 Å². The van der Waals surface area contributed by atoms with E-state index >= 15 is 0 Å². The van der Waals surface area contributed by atoms with E-state index in [-0.39, 0.29) is 34.4 Å². The summed E-state index contributed by atoms with van der Waals surface area (Å²) in [6.07, 6.45) is 2.86. The molecule has 3 heterocycles. The minimum absolute atomic E-state index is 0.0804. The summed E-state index contributed by atoms with van der Waals surface area (Å²) < 4.78 is 24.8. The number of aromatic amines is 2. The monoisotopic (exact) mass is 340 g/mol. The van der Waals surface area contributed by atoms with Crippen molar-refractivity contribution in [3.63, 3.8) is 0 Å². The van der Waals surface area contributed by atoms with Gasteiger partial charge in [0.15, 0.2) is 0 Å². The number of hydrogen-bond donors (Lipinski definition) is 2. The molecule has 0 radical (unpaired) electrons. The SMILES string of the molecule is CCOC(=O)c1[nH]c2cc(F)c3ccoc3c2c1-c1ccc[nH]c1=O. The van der Waals surface area contributed by atoms with Crippen molar-refractivity contribution in [3.05, 3.63) is 58.6 Å². The topological polar surface area (TPSA) is 88.1 Å². The van der Waals surface area contributed by atoms with Crippen LogP contribution in [0.5, 0.6) is 0 Å². The van der Waals surface area contributed by atoms with Crippen LogP contribution in [0.3, 0.4) is 0 Å². The summed E-state index contributed by atoms with van der Waals surface area (Å²) in [5.41, 5.74) is 0.910. The second-order valence-corrected chi connectivity index (χ2v) is 5.45. The molecular weight excluding hydrogens is 327 g/mol. The Hall–Kier alpha value is -3.35. The number of fused-ring (bicyclic) bond motifs is 3. The van der Waals surface area contributed by atoms with Gasteiger partial charge in [-0.2, -0.15) is 0 Å². The van der Waals surface area contributed by atoms with Crippen LogP contribution in [0.15, 0.2) is 45.9 Å². The van der Waals surface area contributed by atoms with Gasteiger partial charge >= 0.3 is 5.97 Å². The molecule has 0 bridgehead atoms. The molecule has 1 aromatic carbocycles. The van der Waals surface area contributed by atoms with Gasteiger partial charge in [-0.3, -0.25) is 4.79 Å². The third-order valence-electron chi connectivity index (χ3n) is 4.02. The lowest BCUT2D eigenvalue weighted by Gasteiger charge is -2.04. The molecule has 0 aliphatic carbocycles. The van der Waals surface area contributed by atoms with Crippen molar-refractivity contribution in [2.24, 2.45) is 0 Å². The third-order valence-corrected chi connectivity index (χ3v) is 4.02. The summed E-state index contributed by atoms with van der Waals surface area (Å²) in [6.45, 7) is 1.85. The van der Waals surface area contributed by atoms with Crippen molar-refractivity contribution >= 4 is 27.8 Å². The van der Waals surface area contributed by atoms with Crippen LogP contribution in [-0.4, -0.2) is 22.5 Å². The summed E-state index contributed by atoms with van der Waals surface area (Å²) in [4.78, 5) is 30.1. The van der Waals surface area contributed by atoms with E-state index in [0.29, 0.717) is 16.5 Å². The van der Waals surface area contributed by atoms with Crippen molar-refractivity contribution in [1.82, 2.24) is 9.97 Å². The molecule has 0 atom stereocenters. The molecule has 0 aliphatic rings. The van der Waals surface area contributed by atoms with Gasteiger partial charge in [0, 0.05) is 11.8 Å². The van der Waals surface area contributed by atoms with Crippen molar-refractivity contribution in [2.45, 2.75) is 6.92 Å². The Morgan fingerprint density at radius 1 is 1.36 bits per heavy atom. The summed E-state index contributed by atoms with van der Waals surface area (Å²) in [5, 5.41) is 0.733. The van der Waals surface area contributed by atoms with Gasteiger partial charge in [-0.05, 0) is 31.2 Å². The number of esters is 1. The minimum atomic E-state index is -0.628. The number of carbonyl (C=O) groups is 1. The zero-order valence-electron chi connectivity index (χ0n) is 13.2. The van der Waals surface area contributed by atoms with E-state index in [2.05, 4.69) is 9.97 Å². The Labute approximate surface area is 140 Å². The fourth-order valence-electron chi connectivity index (χ4n) is 3.00. The van der Waals surface area contributed by atoms with Crippen LogP contribution >= 0.6 is 0 Å². The smallest absolute Gasteiger partial charge is 0.355 e. The molecule has 7 heteroatoms. The van der Waals surface area contributed by atoms with Crippen LogP contribution in [0, 0.1) is 5.82 Å². The van der Waals surface area contributed by atoms with Gasteiger partial charge in [-0.1, -0.05) is 0 Å². The fourth-order valence-corrected chi connectivity index (χ4v) is 3.00. The first-order valence-corrected chi connectivity index (χ1v) is 7.68. The number of nitrogens with one attached hydrogen (secondary N) is 2. The van der Waals surface area contributed by atoms with E-state index in [9.17, 15) is 14.0 Å². The predicted molar refractivity (Wildman–Crippen MR) is 90.0 cm³/mol. The number of rotatable bonds is 3. The van der Waals surface area contributed by atoms with Crippen LogP contribution in [0.2, 0.25) is 0 Å². The Kier molecular flexibility index (Phi) is 3.42. The van der Waals surface area contributed by atoms with Gasteiger partial charge in [0.05, 0.1) is 34.7 Å². The quantitative estimate of drug-likeness (QED) is 0.558. The number of hydrogen-bond acceptors (Lipinski definition) is 4. The van der Waals surface area contributed by atoms with Gasteiger partial charge in [0.2, 0.25) is 0 Å². The zero-order chi connectivity index (χ0) is 17.6. The van der Waals surface area contributed by atoms with Crippen LogP contribution in [0.4, 0.5) is 4.39 Å². The molecule has 0 unspecified atom stereocenters. The highest BCUT2D eigenvalue weighted by Gasteiger charge is 2.25. The number of carbonyl (C=O) groups excluding carboxylic acids is 1. The fraction of sp³-hybridized carbons (Fsp3) is 0.111. The molecule has 0 fully saturated rings. The summed E-state index contributed by atoms with van der Waals surface area (Å²) in [5.74, 6) is -1.11. The lowest BCUT2D eigenvalue weighted by Crippen LogP contribution is -2.11. The first-order valence-electron chi connectivity index (χ1n) is 7.68. The molecule has 0 spiro atoms. The lowest BCUT2D eigenvalue weighted by atomic mass is 10.0. The van der Waals surface area contributed by atoms with E-state index in [1.54, 1.807) is 19.1 Å². The van der Waals surface area contributed by atoms with Crippen LogP contribution < -0.4 is 5.56 Å². The minimum Gasteiger partial charge on any atom is -0.463 e. The molecule has 25 heavy (non-hydrogen) atoms. The number of furan rings is 1. The molecule has 2 N–H and O–H groups in total. The summed E-state index contributed by atoms with van der Waals surface area (Å²) >= 11 is 0. The van der Waals surface area contributed by atoms with Crippen LogP contribution in [0.1, 0.15) is 17.4 Å². The maximum Gasteiger partial charge on any atom is 0.355 e. The van der Waals surface area contributed by atoms with E-state index < -0.39 is 11.8 Å². The number of halogens is 1. The first-order chi connectivity index (χ1) is 12.1. The summed E-state index contributed by atoms with van der Waals surface area (Å²) in [7, 11) is 0. The second-order valence-electron chi connectivity index (χ2n) is 5.45. The molecule has 0 amide bonds. The second kappa shape index (κ2) is 5.62. The van der Waals surface area contributed by atoms with Crippen molar-refractivity contribution in [3.8, 4) is 11.1 Å². The molecule has 4 aromatic rings. The van der Waals surface area contributed by atoms with Gasteiger partial charge in [-0.15, -0.1) is 0 Å². The van der Waals surface area contributed by atoms with E-state index in [1.165, 1.54) is 24.6 Å². The highest BCUT2D eigenvalue weighted by Crippen LogP contribution is 2.37. The molecular formula is C18H13FN2O4. The Balaban J connectivity index is 2.18. The largest absolute Gasteiger partial charge is 0.463 e. The Morgan fingerprint density at radius 2 is 2.20 bits per heavy atom. The molecule has 0 saturated heterocycles. The van der Waals surface area contributed by atoms with Crippen LogP contribution in [0.25, 0.3) is 33.0 Å². The van der Waals surface area contributed by atoms with Crippen molar-refractivity contribution in [2.75, 3.05) is 6.61 Å². The maximum absolute atomic E-state index is 14.3. The maximum atomic E-state index is 14.3. The number of pyridine rings is 1. The molecule has 126 valence electrons. The number of benzene rings is 1. The normalized spacial score (nSPS) is 11.3. The average molecular weight is 340 g/mol. The average Bonchev–Trinajstić information content (AvgIpc) is 3.20. The molecule has 0 aliphatic heterocycles. The molecule has 6 nitrogen and oxygen atoms in total. The van der Waals surface area contributed by atoms with Gasteiger partial charge in [0.25, 0.3) is 5.56 Å². The first kappa shape index (κ1) is 15.2. The number of H-pyrrole nitrogens is 2. The molecule has 4 rings (SSSR count). The summed E-state index contributed by atoms with van der Waals surface area (Å²) in [6, 6.07) is 6.01. The van der Waals surface area contributed by atoms with Crippen molar-refractivity contribution in [1.29, 1.82) is 0 Å². The van der Waals surface area contributed by atoms with Gasteiger partial charge in [-0.25, -0.2) is 9.18 Å². The number of aromatic nitrogens is 2. The third kappa shape index (κ3) is 2.24. The molecule has 0 saturated carbocycles. The van der Waals surface area contributed by atoms with E-state index in [1.807, 2.05) is 0 Å². The Morgan fingerprint density at radius 3 is 2.96 bits per heavy atom. The predicted octanol–water partition coefficient (Wildman–Crippen LogP) is 3.59. The number of ether oxygens (including phenoxy) is 1. The van der Waals surface area contributed by atoms with E-state index in [0.717, 1.165) is 0 Å². The van der Waals surface area contributed by atoms with E-state index in [4.69, 9.17) is 9.15 Å². The van der Waals surface area contributed by atoms with Crippen LogP contribution in [-0.2, 0) is 4.74 Å². The van der Waals surface area contributed by atoms with Crippen molar-refractivity contribution < 1.29 is 18.3 Å². The standard InChI is InChI=1S/C18H13FN2O4/c1-2-24-18(23)15-13(10-4-3-6-20-17(10)22)14-12(21-15)8-11(19)9-5-7-25-16(9)14/h3-8,21H,2H2,1H3,(H,20,22). The van der Waals surface area contributed by atoms with Gasteiger partial charge in [0.1, 0.15) is 17.1 Å². The zero-order valence-corrected chi connectivity index (χ0v) is 13.2. The lowest BCUT2D eigenvalue weighted by molar-refractivity contribution is 0.0521. The highest BCUT2D eigenvalue weighted by atomic mass is 19.1. The Bertz CT molecular complexity index is 1170. The highest BCUT2D eigenvalue weighted by molar-refractivity contribution is 6.16.